The van der Waals surface area contributed by atoms with E-state index in [1.165, 1.54) is 6.07 Å². The molecule has 2 unspecified atom stereocenters. The molecule has 0 saturated carbocycles. The first-order valence-electron chi connectivity index (χ1n) is 8.99. The summed E-state index contributed by atoms with van der Waals surface area (Å²) < 4.78 is 13.3. The van der Waals surface area contributed by atoms with E-state index in [-0.39, 0.29) is 16.4 Å². The molecule has 0 aliphatic carbocycles. The molecule has 1 aliphatic heterocycles. The maximum Gasteiger partial charge on any atom is 0.307 e. The number of piperidine rings is 1. The smallest absolute Gasteiger partial charge is 0.307 e. The van der Waals surface area contributed by atoms with Crippen molar-refractivity contribution in [2.45, 2.75) is 33.7 Å². The molecular weight excluding hydrogens is 387 g/mol. The number of hydrogen-bond acceptors (Lipinski definition) is 4. The number of carboxylic acids is 1. The van der Waals surface area contributed by atoms with Crippen LogP contribution in [0.1, 0.15) is 32.1 Å². The second kappa shape index (κ2) is 7.86. The summed E-state index contributed by atoms with van der Waals surface area (Å²) in [5.74, 6) is -1.24. The van der Waals surface area contributed by atoms with Crippen molar-refractivity contribution in [2.75, 3.05) is 13.1 Å². The zero-order valence-electron chi connectivity index (χ0n) is 15.7. The summed E-state index contributed by atoms with van der Waals surface area (Å²) in [6, 6.07) is 5.51. The minimum atomic E-state index is -0.717. The standard InChI is InChI=1S/C20H24ClFN2O2S/c1-20(2,3)13-6-12(19(25)26)9-24(10-13)11-14-4-5-18(27-14)17-7-15(21)16(22)8-23-17/h4-5,7-8,12-13H,6,9-11H2,1-3H3,(H,25,26). The molecule has 0 radical (unpaired) electrons. The van der Waals surface area contributed by atoms with E-state index in [0.29, 0.717) is 24.7 Å². The first-order valence-corrected chi connectivity index (χ1v) is 10.2. The van der Waals surface area contributed by atoms with E-state index in [1.54, 1.807) is 11.3 Å². The van der Waals surface area contributed by atoms with Crippen LogP contribution < -0.4 is 0 Å². The molecule has 2 aromatic heterocycles. The monoisotopic (exact) mass is 410 g/mol. The predicted octanol–water partition coefficient (Wildman–Crippen LogP) is 5.17. The SMILES string of the molecule is CC(C)(C)C1CC(C(=O)O)CN(Cc2ccc(-c3cc(Cl)c(F)cn3)s2)C1. The molecule has 1 saturated heterocycles. The molecular formula is C20H24ClFN2O2S. The minimum Gasteiger partial charge on any atom is -0.481 e. The highest BCUT2D eigenvalue weighted by atomic mass is 35.5. The number of halogens is 2. The van der Waals surface area contributed by atoms with Crippen LogP contribution in [0, 0.1) is 23.1 Å². The number of carbonyl (C=O) groups is 1. The van der Waals surface area contributed by atoms with Crippen molar-refractivity contribution in [1.82, 2.24) is 9.88 Å². The van der Waals surface area contributed by atoms with Gasteiger partial charge in [-0.1, -0.05) is 32.4 Å². The lowest BCUT2D eigenvalue weighted by Gasteiger charge is -2.42. The lowest BCUT2D eigenvalue weighted by molar-refractivity contribution is -0.145. The molecule has 0 aromatic carbocycles. The number of likely N-dealkylation sites (tertiary alicyclic amines) is 1. The van der Waals surface area contributed by atoms with Crippen molar-refractivity contribution in [3.05, 3.63) is 40.1 Å². The van der Waals surface area contributed by atoms with Gasteiger partial charge in [-0.3, -0.25) is 14.7 Å². The quantitative estimate of drug-likeness (QED) is 0.755. The van der Waals surface area contributed by atoms with Crippen LogP contribution in [0.4, 0.5) is 4.39 Å². The highest BCUT2D eigenvalue weighted by Gasteiger charge is 2.37. The number of aliphatic carboxylic acids is 1. The Bertz CT molecular complexity index is 834. The van der Waals surface area contributed by atoms with Crippen LogP contribution in [0.25, 0.3) is 10.6 Å². The number of aromatic nitrogens is 1. The predicted molar refractivity (Wildman–Crippen MR) is 106 cm³/mol. The second-order valence-corrected chi connectivity index (χ2v) is 9.85. The summed E-state index contributed by atoms with van der Waals surface area (Å²) in [6.07, 6.45) is 1.86. The zero-order chi connectivity index (χ0) is 19.8. The molecule has 0 spiro atoms. The van der Waals surface area contributed by atoms with Gasteiger partial charge in [0.1, 0.15) is 0 Å². The van der Waals surface area contributed by atoms with Crippen LogP contribution >= 0.6 is 22.9 Å². The maximum absolute atomic E-state index is 13.3. The zero-order valence-corrected chi connectivity index (χ0v) is 17.3. The molecule has 0 bridgehead atoms. The van der Waals surface area contributed by atoms with Gasteiger partial charge in [0.2, 0.25) is 0 Å². The average molecular weight is 411 g/mol. The van der Waals surface area contributed by atoms with Crippen LogP contribution in [0.2, 0.25) is 5.02 Å². The van der Waals surface area contributed by atoms with Crippen molar-refractivity contribution < 1.29 is 14.3 Å². The first kappa shape index (κ1) is 20.2. The van der Waals surface area contributed by atoms with Crippen LogP contribution in [-0.4, -0.2) is 34.0 Å². The third kappa shape index (κ3) is 4.86. The van der Waals surface area contributed by atoms with Crippen molar-refractivity contribution in [2.24, 2.45) is 17.3 Å². The molecule has 4 nitrogen and oxygen atoms in total. The van der Waals surface area contributed by atoms with Gasteiger partial charge in [-0.15, -0.1) is 11.3 Å². The highest BCUT2D eigenvalue weighted by Crippen LogP contribution is 2.37. The summed E-state index contributed by atoms with van der Waals surface area (Å²) >= 11 is 7.44. The summed E-state index contributed by atoms with van der Waals surface area (Å²) in [5, 5.41) is 9.59. The lowest BCUT2D eigenvalue weighted by atomic mass is 9.73. The Morgan fingerprint density at radius 1 is 1.41 bits per heavy atom. The Hall–Kier alpha value is -1.50. The lowest BCUT2D eigenvalue weighted by Crippen LogP contribution is -2.46. The topological polar surface area (TPSA) is 53.4 Å². The van der Waals surface area contributed by atoms with Crippen molar-refractivity contribution in [3.8, 4) is 10.6 Å². The average Bonchev–Trinajstić information content (AvgIpc) is 3.04. The molecule has 2 aromatic rings. The van der Waals surface area contributed by atoms with E-state index >= 15 is 0 Å². The molecule has 3 heterocycles. The van der Waals surface area contributed by atoms with Crippen LogP contribution in [-0.2, 0) is 11.3 Å². The Labute approximate surface area is 168 Å². The van der Waals surface area contributed by atoms with Gasteiger partial charge in [-0.05, 0) is 36.0 Å². The number of pyridine rings is 1. The Balaban J connectivity index is 1.75. The van der Waals surface area contributed by atoms with E-state index in [0.717, 1.165) is 28.9 Å². The Morgan fingerprint density at radius 2 is 2.15 bits per heavy atom. The van der Waals surface area contributed by atoms with E-state index in [2.05, 4.69) is 30.7 Å². The molecule has 146 valence electrons. The molecule has 1 aliphatic rings. The van der Waals surface area contributed by atoms with Crippen LogP contribution in [0.3, 0.4) is 0 Å². The number of hydrogen-bond donors (Lipinski definition) is 1. The molecule has 7 heteroatoms. The van der Waals surface area contributed by atoms with E-state index < -0.39 is 11.8 Å². The van der Waals surface area contributed by atoms with Gasteiger partial charge < -0.3 is 5.11 Å². The van der Waals surface area contributed by atoms with Gasteiger partial charge in [0.25, 0.3) is 0 Å². The number of rotatable bonds is 4. The summed E-state index contributed by atoms with van der Waals surface area (Å²) in [7, 11) is 0. The number of nitrogens with zero attached hydrogens (tertiary/aromatic N) is 2. The molecule has 2 atom stereocenters. The van der Waals surface area contributed by atoms with Gasteiger partial charge in [0, 0.05) is 24.5 Å². The van der Waals surface area contributed by atoms with Crippen LogP contribution in [0.5, 0.6) is 0 Å². The van der Waals surface area contributed by atoms with Crippen molar-refractivity contribution >= 4 is 28.9 Å². The second-order valence-electron chi connectivity index (χ2n) is 8.28. The van der Waals surface area contributed by atoms with E-state index in [9.17, 15) is 14.3 Å². The third-order valence-electron chi connectivity index (χ3n) is 5.20. The summed E-state index contributed by atoms with van der Waals surface area (Å²) in [5.41, 5.74) is 0.717. The van der Waals surface area contributed by atoms with Crippen molar-refractivity contribution in [1.29, 1.82) is 0 Å². The number of carboxylic acid groups (broad SMARTS) is 1. The van der Waals surface area contributed by atoms with Gasteiger partial charge in [0.15, 0.2) is 5.82 Å². The molecule has 1 N–H and O–H groups in total. The highest BCUT2D eigenvalue weighted by molar-refractivity contribution is 7.15. The molecule has 3 rings (SSSR count). The van der Waals surface area contributed by atoms with Gasteiger partial charge in [-0.2, -0.15) is 0 Å². The fourth-order valence-corrected chi connectivity index (χ4v) is 4.67. The molecule has 0 amide bonds. The molecule has 27 heavy (non-hydrogen) atoms. The third-order valence-corrected chi connectivity index (χ3v) is 6.58. The van der Waals surface area contributed by atoms with Crippen LogP contribution in [0.15, 0.2) is 24.4 Å². The van der Waals surface area contributed by atoms with Gasteiger partial charge >= 0.3 is 5.97 Å². The maximum atomic E-state index is 13.3. The normalized spacial score (nSPS) is 21.4. The van der Waals surface area contributed by atoms with E-state index in [1.807, 2.05) is 12.1 Å². The van der Waals surface area contributed by atoms with Crippen molar-refractivity contribution in [3.63, 3.8) is 0 Å². The fraction of sp³-hybridized carbons (Fsp3) is 0.500. The first-order chi connectivity index (χ1) is 12.6. The summed E-state index contributed by atoms with van der Waals surface area (Å²) in [4.78, 5) is 20.0. The summed E-state index contributed by atoms with van der Waals surface area (Å²) in [6.45, 7) is 8.68. The fourth-order valence-electron chi connectivity index (χ4n) is 3.50. The largest absolute Gasteiger partial charge is 0.481 e. The van der Waals surface area contributed by atoms with Gasteiger partial charge in [-0.25, -0.2) is 4.39 Å². The van der Waals surface area contributed by atoms with Gasteiger partial charge in [0.05, 0.1) is 27.7 Å². The molecule has 1 fully saturated rings. The van der Waals surface area contributed by atoms with E-state index in [4.69, 9.17) is 11.6 Å². The minimum absolute atomic E-state index is 0.0586. The number of thiophene rings is 1. The Morgan fingerprint density at radius 3 is 2.78 bits per heavy atom. The Kier molecular flexibility index (Phi) is 5.89.